The summed E-state index contributed by atoms with van der Waals surface area (Å²) in [6, 6.07) is 20.5. The van der Waals surface area contributed by atoms with Gasteiger partial charge in [-0.1, -0.05) is 62.2 Å². The van der Waals surface area contributed by atoms with Crippen LogP contribution in [0.1, 0.15) is 21.5 Å². The molecule has 0 saturated heterocycles. The van der Waals surface area contributed by atoms with Crippen LogP contribution in [0.25, 0.3) is 0 Å². The number of halogens is 2. The van der Waals surface area contributed by atoms with Crippen molar-refractivity contribution in [1.82, 2.24) is 16.2 Å². The van der Waals surface area contributed by atoms with Crippen LogP contribution in [0.3, 0.4) is 0 Å². The first-order chi connectivity index (χ1) is 16.8. The second kappa shape index (κ2) is 13.2. The molecule has 0 radical (unpaired) electrons. The van der Waals surface area contributed by atoms with Gasteiger partial charge in [0.1, 0.15) is 11.5 Å². The van der Waals surface area contributed by atoms with E-state index in [-0.39, 0.29) is 11.7 Å². The smallest absolute Gasteiger partial charge is 0.276 e. The minimum absolute atomic E-state index is 0.0709. The quantitative estimate of drug-likeness (QED) is 0.246. The average molecular weight is 621 g/mol. The lowest BCUT2D eigenvalue weighted by atomic mass is 10.1. The number of carbonyl (C=O) groups excluding carboxylic acids is 2. The Hall–Kier alpha value is -2.95. The third kappa shape index (κ3) is 8.65. The fourth-order valence-corrected chi connectivity index (χ4v) is 3.99. The number of amides is 2. The summed E-state index contributed by atoms with van der Waals surface area (Å²) in [5.74, 6) is 0.0752. The predicted molar refractivity (Wildman–Crippen MR) is 145 cm³/mol. The second-order valence-electron chi connectivity index (χ2n) is 7.38. The molecule has 3 aromatic rings. The standard InChI is InChI=1S/C25H23Br2N3O4S/c1-16-13-18(26)7-9-21(16)34-15-23(31)29-30-25(35)28-24(32)20-14-19(27)8-10-22(20)33-12-11-17-5-3-2-4-6-17/h2-10,13-14H,11-12,15H2,1H3,(H,29,31)(H2,28,30,32,35). The van der Waals surface area contributed by atoms with Crippen molar-refractivity contribution in [2.75, 3.05) is 13.2 Å². The van der Waals surface area contributed by atoms with Crippen LogP contribution < -0.4 is 25.6 Å². The molecule has 0 fully saturated rings. The number of thiocarbonyl (C=S) groups is 1. The van der Waals surface area contributed by atoms with Crippen molar-refractivity contribution in [2.45, 2.75) is 13.3 Å². The Morgan fingerprint density at radius 3 is 2.29 bits per heavy atom. The highest BCUT2D eigenvalue weighted by Gasteiger charge is 2.15. The Morgan fingerprint density at radius 2 is 1.57 bits per heavy atom. The van der Waals surface area contributed by atoms with E-state index in [1.54, 1.807) is 24.3 Å². The number of hydrogen-bond donors (Lipinski definition) is 3. The molecule has 0 unspecified atom stereocenters. The third-order valence-corrected chi connectivity index (χ3v) is 5.91. The van der Waals surface area contributed by atoms with Crippen molar-refractivity contribution in [1.29, 1.82) is 0 Å². The molecule has 0 saturated carbocycles. The van der Waals surface area contributed by atoms with Gasteiger partial charge in [-0.3, -0.25) is 25.8 Å². The van der Waals surface area contributed by atoms with Crippen molar-refractivity contribution in [3.63, 3.8) is 0 Å². The maximum absolute atomic E-state index is 12.8. The zero-order chi connectivity index (χ0) is 25.2. The Labute approximate surface area is 225 Å². The van der Waals surface area contributed by atoms with Crippen molar-refractivity contribution >= 4 is 61.0 Å². The number of aryl methyl sites for hydroxylation is 1. The van der Waals surface area contributed by atoms with E-state index >= 15 is 0 Å². The number of hydrazine groups is 1. The third-order valence-electron chi connectivity index (χ3n) is 4.72. The fraction of sp³-hybridized carbons (Fsp3) is 0.160. The van der Waals surface area contributed by atoms with Gasteiger partial charge in [0.2, 0.25) is 0 Å². The molecule has 2 amide bonds. The Kier molecular flexibility index (Phi) is 10.1. The normalized spacial score (nSPS) is 10.3. The van der Waals surface area contributed by atoms with Gasteiger partial charge in [-0.2, -0.15) is 0 Å². The zero-order valence-corrected chi connectivity index (χ0v) is 22.8. The van der Waals surface area contributed by atoms with E-state index in [1.807, 2.05) is 49.4 Å². The summed E-state index contributed by atoms with van der Waals surface area (Å²) in [7, 11) is 0. The van der Waals surface area contributed by atoms with Crippen molar-refractivity contribution in [3.05, 3.63) is 92.4 Å². The molecule has 10 heteroatoms. The lowest BCUT2D eigenvalue weighted by Crippen LogP contribution is -2.49. The number of benzene rings is 3. The van der Waals surface area contributed by atoms with Gasteiger partial charge in [0.25, 0.3) is 11.8 Å². The number of ether oxygens (including phenoxy) is 2. The number of hydrogen-bond acceptors (Lipinski definition) is 5. The molecule has 3 N–H and O–H groups in total. The highest BCUT2D eigenvalue weighted by Crippen LogP contribution is 2.24. The van der Waals surface area contributed by atoms with E-state index < -0.39 is 11.8 Å². The average Bonchev–Trinajstić information content (AvgIpc) is 2.83. The zero-order valence-electron chi connectivity index (χ0n) is 18.8. The molecule has 7 nitrogen and oxygen atoms in total. The molecule has 0 spiro atoms. The van der Waals surface area contributed by atoms with Crippen LogP contribution in [0.2, 0.25) is 0 Å². The molecule has 3 aromatic carbocycles. The SMILES string of the molecule is Cc1cc(Br)ccc1OCC(=O)NNC(=S)NC(=O)c1cc(Br)ccc1OCCc1ccccc1. The summed E-state index contributed by atoms with van der Waals surface area (Å²) in [4.78, 5) is 24.9. The maximum atomic E-state index is 12.8. The van der Waals surface area contributed by atoms with E-state index in [4.69, 9.17) is 21.7 Å². The highest BCUT2D eigenvalue weighted by molar-refractivity contribution is 9.10. The second-order valence-corrected chi connectivity index (χ2v) is 9.62. The molecular weight excluding hydrogens is 598 g/mol. The van der Waals surface area contributed by atoms with Gasteiger partial charge in [-0.25, -0.2) is 0 Å². The monoisotopic (exact) mass is 619 g/mol. The number of carbonyl (C=O) groups is 2. The van der Waals surface area contributed by atoms with Gasteiger partial charge in [0, 0.05) is 15.4 Å². The van der Waals surface area contributed by atoms with E-state index in [2.05, 4.69) is 48.0 Å². The van der Waals surface area contributed by atoms with Gasteiger partial charge in [0.05, 0.1) is 12.2 Å². The summed E-state index contributed by atoms with van der Waals surface area (Å²) in [5.41, 5.74) is 7.23. The van der Waals surface area contributed by atoms with Gasteiger partial charge >= 0.3 is 0 Å². The number of rotatable bonds is 8. The topological polar surface area (TPSA) is 88.7 Å². The van der Waals surface area contributed by atoms with Crippen LogP contribution in [-0.2, 0) is 11.2 Å². The van der Waals surface area contributed by atoms with Crippen LogP contribution in [0.5, 0.6) is 11.5 Å². The molecule has 182 valence electrons. The lowest BCUT2D eigenvalue weighted by molar-refractivity contribution is -0.123. The van der Waals surface area contributed by atoms with E-state index in [0.29, 0.717) is 34.6 Å². The first kappa shape index (κ1) is 26.7. The maximum Gasteiger partial charge on any atom is 0.276 e. The molecule has 0 aliphatic rings. The van der Waals surface area contributed by atoms with Crippen LogP contribution in [-0.4, -0.2) is 30.1 Å². The van der Waals surface area contributed by atoms with Gasteiger partial charge in [0.15, 0.2) is 11.7 Å². The lowest BCUT2D eigenvalue weighted by Gasteiger charge is -2.14. The Morgan fingerprint density at radius 1 is 0.886 bits per heavy atom. The molecule has 0 atom stereocenters. The van der Waals surface area contributed by atoms with Gasteiger partial charge in [-0.05, 0) is 66.7 Å². The molecule has 0 aliphatic heterocycles. The largest absolute Gasteiger partial charge is 0.492 e. The fourth-order valence-electron chi connectivity index (χ4n) is 3.01. The first-order valence-electron chi connectivity index (χ1n) is 10.6. The minimum Gasteiger partial charge on any atom is -0.492 e. The Bertz CT molecular complexity index is 1210. The van der Waals surface area contributed by atoms with E-state index in [0.717, 1.165) is 15.6 Å². The van der Waals surface area contributed by atoms with Gasteiger partial charge in [-0.15, -0.1) is 0 Å². The molecule has 0 aromatic heterocycles. The Balaban J connectivity index is 1.48. The van der Waals surface area contributed by atoms with Crippen LogP contribution in [0, 0.1) is 6.92 Å². The minimum atomic E-state index is -0.477. The summed E-state index contributed by atoms with van der Waals surface area (Å²) in [5, 5.41) is 2.47. The summed E-state index contributed by atoms with van der Waals surface area (Å²) in [6.45, 7) is 2.06. The van der Waals surface area contributed by atoms with Crippen LogP contribution in [0.4, 0.5) is 0 Å². The predicted octanol–water partition coefficient (Wildman–Crippen LogP) is 4.86. The van der Waals surface area contributed by atoms with Crippen molar-refractivity contribution < 1.29 is 19.1 Å². The van der Waals surface area contributed by atoms with Crippen LogP contribution >= 0.6 is 44.1 Å². The molecule has 35 heavy (non-hydrogen) atoms. The van der Waals surface area contributed by atoms with E-state index in [9.17, 15) is 9.59 Å². The summed E-state index contributed by atoms with van der Waals surface area (Å²) < 4.78 is 13.0. The first-order valence-corrected chi connectivity index (χ1v) is 12.6. The molecule has 3 rings (SSSR count). The van der Waals surface area contributed by atoms with Crippen molar-refractivity contribution in [2.24, 2.45) is 0 Å². The number of nitrogens with one attached hydrogen (secondary N) is 3. The summed E-state index contributed by atoms with van der Waals surface area (Å²) in [6.07, 6.45) is 0.700. The highest BCUT2D eigenvalue weighted by atomic mass is 79.9. The molecule has 0 heterocycles. The molecule has 0 bridgehead atoms. The van der Waals surface area contributed by atoms with E-state index in [1.165, 1.54) is 0 Å². The van der Waals surface area contributed by atoms with Gasteiger partial charge < -0.3 is 9.47 Å². The van der Waals surface area contributed by atoms with Crippen molar-refractivity contribution in [3.8, 4) is 11.5 Å². The van der Waals surface area contributed by atoms with Crippen LogP contribution in [0.15, 0.2) is 75.7 Å². The molecular formula is C25H23Br2N3O4S. The summed E-state index contributed by atoms with van der Waals surface area (Å²) >= 11 is 11.9. The molecule has 0 aliphatic carbocycles.